The van der Waals surface area contributed by atoms with Crippen molar-refractivity contribution in [1.82, 2.24) is 0 Å². The number of aromatic hydroxyl groups is 1. The van der Waals surface area contributed by atoms with Crippen molar-refractivity contribution >= 4 is 0 Å². The van der Waals surface area contributed by atoms with Gasteiger partial charge in [0.05, 0.1) is 0 Å². The summed E-state index contributed by atoms with van der Waals surface area (Å²) < 4.78 is 5.58. The van der Waals surface area contributed by atoms with Gasteiger partial charge >= 0.3 is 0 Å². The smallest absolute Gasteiger partial charge is 0.131 e. The number of aryl methyl sites for hydroxylation is 1. The second-order valence-corrected chi connectivity index (χ2v) is 3.42. The molecule has 2 nitrogen and oxygen atoms in total. The van der Waals surface area contributed by atoms with E-state index in [0.29, 0.717) is 5.75 Å². The predicted molar refractivity (Wildman–Crippen MR) is 59.4 cm³/mol. The molecular weight excluding hydrogens is 188 g/mol. The van der Waals surface area contributed by atoms with Gasteiger partial charge < -0.3 is 9.84 Å². The van der Waals surface area contributed by atoms with E-state index < -0.39 is 0 Å². The van der Waals surface area contributed by atoms with Crippen LogP contribution in [0.5, 0.6) is 17.2 Å². The van der Waals surface area contributed by atoms with Crippen molar-refractivity contribution in [3.8, 4) is 17.2 Å². The lowest BCUT2D eigenvalue weighted by atomic mass is 10.2. The second kappa shape index (κ2) is 4.05. The van der Waals surface area contributed by atoms with E-state index in [-0.39, 0.29) is 5.75 Å². The van der Waals surface area contributed by atoms with Gasteiger partial charge in [0.2, 0.25) is 0 Å². The van der Waals surface area contributed by atoms with Gasteiger partial charge in [-0.1, -0.05) is 18.2 Å². The molecule has 0 bridgehead atoms. The van der Waals surface area contributed by atoms with E-state index in [4.69, 9.17) is 4.74 Å². The number of hydrogen-bond donors (Lipinski definition) is 1. The Hall–Kier alpha value is -1.96. The molecule has 76 valence electrons. The molecule has 0 saturated heterocycles. The molecule has 0 spiro atoms. The van der Waals surface area contributed by atoms with E-state index in [2.05, 4.69) is 0 Å². The van der Waals surface area contributed by atoms with Gasteiger partial charge in [0.15, 0.2) is 0 Å². The molecule has 1 N–H and O–H groups in total. The highest BCUT2D eigenvalue weighted by Gasteiger charge is 1.99. The summed E-state index contributed by atoms with van der Waals surface area (Å²) in [6.45, 7) is 1.91. The van der Waals surface area contributed by atoms with Crippen molar-refractivity contribution < 1.29 is 9.84 Å². The number of rotatable bonds is 2. The molecule has 2 heteroatoms. The maximum Gasteiger partial charge on any atom is 0.131 e. The molecule has 0 aliphatic heterocycles. The molecule has 2 aromatic carbocycles. The standard InChI is InChI=1S/C13H12O2/c1-10-7-11(14)9-13(8-10)15-12-5-3-2-4-6-12/h2-9,14H,1H3. The molecule has 0 saturated carbocycles. The molecule has 0 heterocycles. The molecule has 0 aliphatic carbocycles. The van der Waals surface area contributed by atoms with Crippen LogP contribution in [0.1, 0.15) is 5.56 Å². The Bertz CT molecular complexity index is 429. The summed E-state index contributed by atoms with van der Waals surface area (Å²) in [5, 5.41) is 9.39. The predicted octanol–water partition coefficient (Wildman–Crippen LogP) is 3.49. The van der Waals surface area contributed by atoms with E-state index in [0.717, 1.165) is 11.3 Å². The lowest BCUT2D eigenvalue weighted by molar-refractivity contribution is 0.454. The molecule has 0 aliphatic rings. The third-order valence-corrected chi connectivity index (χ3v) is 2.01. The molecule has 2 aromatic rings. The molecule has 0 unspecified atom stereocenters. The Kier molecular flexibility index (Phi) is 2.59. The van der Waals surface area contributed by atoms with E-state index in [9.17, 15) is 5.11 Å². The van der Waals surface area contributed by atoms with E-state index >= 15 is 0 Å². The number of para-hydroxylation sites is 1. The highest BCUT2D eigenvalue weighted by atomic mass is 16.5. The average molecular weight is 200 g/mol. The van der Waals surface area contributed by atoms with Crippen LogP contribution in [0.2, 0.25) is 0 Å². The van der Waals surface area contributed by atoms with Crippen molar-refractivity contribution in [3.63, 3.8) is 0 Å². The first kappa shape index (κ1) is 9.59. The van der Waals surface area contributed by atoms with Crippen molar-refractivity contribution in [1.29, 1.82) is 0 Å². The van der Waals surface area contributed by atoms with Gasteiger partial charge in [-0.05, 0) is 36.8 Å². The van der Waals surface area contributed by atoms with E-state index in [1.54, 1.807) is 12.1 Å². The molecule has 15 heavy (non-hydrogen) atoms. The Labute approximate surface area is 88.8 Å². The Balaban J connectivity index is 2.25. The average Bonchev–Trinajstić information content (AvgIpc) is 2.17. The first-order chi connectivity index (χ1) is 7.24. The Morgan fingerprint density at radius 3 is 2.33 bits per heavy atom. The zero-order valence-corrected chi connectivity index (χ0v) is 8.47. The van der Waals surface area contributed by atoms with Crippen LogP contribution in [0.25, 0.3) is 0 Å². The van der Waals surface area contributed by atoms with Gasteiger partial charge in [-0.15, -0.1) is 0 Å². The molecule has 0 amide bonds. The summed E-state index contributed by atoms with van der Waals surface area (Å²) in [7, 11) is 0. The normalized spacial score (nSPS) is 9.93. The first-order valence-electron chi connectivity index (χ1n) is 4.77. The monoisotopic (exact) mass is 200 g/mol. The van der Waals surface area contributed by atoms with Crippen LogP contribution in [0.3, 0.4) is 0 Å². The van der Waals surface area contributed by atoms with Crippen LogP contribution in [0.4, 0.5) is 0 Å². The topological polar surface area (TPSA) is 29.5 Å². The minimum atomic E-state index is 0.223. The molecule has 2 rings (SSSR count). The van der Waals surface area contributed by atoms with Gasteiger partial charge in [0.25, 0.3) is 0 Å². The Morgan fingerprint density at radius 2 is 1.67 bits per heavy atom. The van der Waals surface area contributed by atoms with Crippen LogP contribution in [-0.2, 0) is 0 Å². The van der Waals surface area contributed by atoms with Crippen LogP contribution >= 0.6 is 0 Å². The summed E-state index contributed by atoms with van der Waals surface area (Å²) in [6.07, 6.45) is 0. The summed E-state index contributed by atoms with van der Waals surface area (Å²) in [6, 6.07) is 14.7. The zero-order chi connectivity index (χ0) is 10.7. The number of hydrogen-bond acceptors (Lipinski definition) is 2. The molecular formula is C13H12O2. The second-order valence-electron chi connectivity index (χ2n) is 3.42. The van der Waals surface area contributed by atoms with Gasteiger partial charge in [-0.2, -0.15) is 0 Å². The quantitative estimate of drug-likeness (QED) is 0.804. The van der Waals surface area contributed by atoms with Crippen molar-refractivity contribution in [2.45, 2.75) is 6.92 Å². The van der Waals surface area contributed by atoms with E-state index in [1.807, 2.05) is 43.3 Å². The fourth-order valence-corrected chi connectivity index (χ4v) is 1.41. The van der Waals surface area contributed by atoms with Crippen LogP contribution in [0, 0.1) is 6.92 Å². The van der Waals surface area contributed by atoms with Crippen LogP contribution in [-0.4, -0.2) is 5.11 Å². The highest BCUT2D eigenvalue weighted by molar-refractivity contribution is 5.39. The maximum atomic E-state index is 9.39. The van der Waals surface area contributed by atoms with Gasteiger partial charge in [-0.3, -0.25) is 0 Å². The largest absolute Gasteiger partial charge is 0.508 e. The van der Waals surface area contributed by atoms with Gasteiger partial charge in [0.1, 0.15) is 17.2 Å². The van der Waals surface area contributed by atoms with E-state index in [1.165, 1.54) is 0 Å². The summed E-state index contributed by atoms with van der Waals surface area (Å²) in [5.74, 6) is 1.64. The fourth-order valence-electron chi connectivity index (χ4n) is 1.41. The number of benzene rings is 2. The molecule has 0 aromatic heterocycles. The summed E-state index contributed by atoms with van der Waals surface area (Å²) >= 11 is 0. The Morgan fingerprint density at radius 1 is 0.933 bits per heavy atom. The van der Waals surface area contributed by atoms with Crippen LogP contribution in [0.15, 0.2) is 48.5 Å². The third-order valence-electron chi connectivity index (χ3n) is 2.01. The van der Waals surface area contributed by atoms with Crippen molar-refractivity contribution in [2.75, 3.05) is 0 Å². The summed E-state index contributed by atoms with van der Waals surface area (Å²) in [5.41, 5.74) is 0.973. The van der Waals surface area contributed by atoms with Crippen molar-refractivity contribution in [2.24, 2.45) is 0 Å². The van der Waals surface area contributed by atoms with Gasteiger partial charge in [0, 0.05) is 6.07 Å². The number of ether oxygens (including phenoxy) is 1. The highest BCUT2D eigenvalue weighted by Crippen LogP contribution is 2.26. The van der Waals surface area contributed by atoms with Crippen LogP contribution < -0.4 is 4.74 Å². The fraction of sp³-hybridized carbons (Fsp3) is 0.0769. The lowest BCUT2D eigenvalue weighted by Crippen LogP contribution is -1.84. The van der Waals surface area contributed by atoms with Gasteiger partial charge in [-0.25, -0.2) is 0 Å². The third kappa shape index (κ3) is 2.50. The minimum absolute atomic E-state index is 0.223. The maximum absolute atomic E-state index is 9.39. The van der Waals surface area contributed by atoms with Crippen molar-refractivity contribution in [3.05, 3.63) is 54.1 Å². The molecule has 0 radical (unpaired) electrons. The first-order valence-corrected chi connectivity index (χ1v) is 4.77. The molecule has 0 fully saturated rings. The lowest BCUT2D eigenvalue weighted by Gasteiger charge is -2.06. The number of phenols is 1. The molecule has 0 atom stereocenters. The SMILES string of the molecule is Cc1cc(O)cc(Oc2ccccc2)c1. The minimum Gasteiger partial charge on any atom is -0.508 e. The zero-order valence-electron chi connectivity index (χ0n) is 8.47. The summed E-state index contributed by atoms with van der Waals surface area (Å²) in [4.78, 5) is 0. The number of phenolic OH excluding ortho intramolecular Hbond substituents is 1.